The maximum atomic E-state index is 10.2. The second kappa shape index (κ2) is 8.78. The third kappa shape index (κ3) is 4.78. The summed E-state index contributed by atoms with van der Waals surface area (Å²) in [4.78, 5) is 0. The van der Waals surface area contributed by atoms with E-state index in [1.807, 2.05) is 60.7 Å². The highest BCUT2D eigenvalue weighted by Crippen LogP contribution is 2.27. The molecule has 0 amide bonds. The van der Waals surface area contributed by atoms with Gasteiger partial charge in [0.25, 0.3) is 0 Å². The maximum Gasteiger partial charge on any atom is 0.0777 e. The highest BCUT2D eigenvalue weighted by molar-refractivity contribution is 5.14. The van der Waals surface area contributed by atoms with Crippen LogP contribution in [-0.2, 0) is 22.7 Å². The first-order valence-corrected chi connectivity index (χ1v) is 8.42. The quantitative estimate of drug-likeness (QED) is 0.754. The monoisotopic (exact) mass is 324 g/mol. The smallest absolute Gasteiger partial charge is 0.0777 e. The van der Waals surface area contributed by atoms with Crippen LogP contribution in [0.1, 0.15) is 11.1 Å². The molecular formula is C21H24O3. The average molecular weight is 324 g/mol. The second-order valence-corrected chi connectivity index (χ2v) is 6.20. The molecule has 0 aromatic heterocycles. The molecule has 0 radical (unpaired) electrons. The van der Waals surface area contributed by atoms with Crippen molar-refractivity contribution in [1.29, 1.82) is 0 Å². The molecule has 0 unspecified atom stereocenters. The van der Waals surface area contributed by atoms with Gasteiger partial charge in [-0.1, -0.05) is 72.8 Å². The number of ether oxygens (including phenoxy) is 2. The molecule has 3 atom stereocenters. The Hall–Kier alpha value is -1.94. The first kappa shape index (κ1) is 16.9. The van der Waals surface area contributed by atoms with E-state index >= 15 is 0 Å². The van der Waals surface area contributed by atoms with Crippen molar-refractivity contribution in [3.8, 4) is 0 Å². The van der Waals surface area contributed by atoms with Gasteiger partial charge in [0.15, 0.2) is 0 Å². The van der Waals surface area contributed by atoms with Gasteiger partial charge in [-0.15, -0.1) is 0 Å². The van der Waals surface area contributed by atoms with E-state index in [1.165, 1.54) is 0 Å². The SMILES string of the molecule is O[C@H]1C=C[C@H](COCc2ccccc2)[C@H]1COCc1ccccc1. The first-order valence-electron chi connectivity index (χ1n) is 8.42. The molecule has 1 aliphatic rings. The average Bonchev–Trinajstić information content (AvgIpc) is 2.97. The fourth-order valence-corrected chi connectivity index (χ4v) is 2.97. The van der Waals surface area contributed by atoms with Gasteiger partial charge in [-0.3, -0.25) is 0 Å². The summed E-state index contributed by atoms with van der Waals surface area (Å²) in [5.41, 5.74) is 2.31. The number of hydrogen-bond acceptors (Lipinski definition) is 3. The number of benzene rings is 2. The van der Waals surface area contributed by atoms with Crippen LogP contribution in [0.4, 0.5) is 0 Å². The Morgan fingerprint density at radius 3 is 1.83 bits per heavy atom. The van der Waals surface area contributed by atoms with Crippen LogP contribution in [0.15, 0.2) is 72.8 Å². The largest absolute Gasteiger partial charge is 0.389 e. The number of aliphatic hydroxyl groups excluding tert-OH is 1. The lowest BCUT2D eigenvalue weighted by Crippen LogP contribution is -2.28. The lowest BCUT2D eigenvalue weighted by molar-refractivity contribution is 0.00395. The Morgan fingerprint density at radius 2 is 1.25 bits per heavy atom. The van der Waals surface area contributed by atoms with Crippen LogP contribution < -0.4 is 0 Å². The molecule has 0 heterocycles. The van der Waals surface area contributed by atoms with Crippen molar-refractivity contribution in [1.82, 2.24) is 0 Å². The van der Waals surface area contributed by atoms with Gasteiger partial charge in [-0.2, -0.15) is 0 Å². The van der Waals surface area contributed by atoms with E-state index in [9.17, 15) is 5.11 Å². The van der Waals surface area contributed by atoms with Crippen molar-refractivity contribution in [3.63, 3.8) is 0 Å². The molecule has 3 rings (SSSR count). The van der Waals surface area contributed by atoms with Crippen molar-refractivity contribution in [3.05, 3.63) is 83.9 Å². The first-order chi connectivity index (χ1) is 11.8. The molecular weight excluding hydrogens is 300 g/mol. The lowest BCUT2D eigenvalue weighted by atomic mass is 9.95. The third-order valence-corrected chi connectivity index (χ3v) is 4.39. The van der Waals surface area contributed by atoms with Crippen molar-refractivity contribution >= 4 is 0 Å². The molecule has 1 N–H and O–H groups in total. The van der Waals surface area contributed by atoms with Gasteiger partial charge in [-0.25, -0.2) is 0 Å². The van der Waals surface area contributed by atoms with E-state index in [2.05, 4.69) is 12.1 Å². The lowest BCUT2D eigenvalue weighted by Gasteiger charge is -2.22. The van der Waals surface area contributed by atoms with Crippen molar-refractivity contribution in [2.45, 2.75) is 19.3 Å². The molecule has 2 aromatic carbocycles. The summed E-state index contributed by atoms with van der Waals surface area (Å²) in [5.74, 6) is 0.254. The van der Waals surface area contributed by atoms with Gasteiger partial charge in [0, 0.05) is 11.8 Å². The zero-order valence-electron chi connectivity index (χ0n) is 13.8. The summed E-state index contributed by atoms with van der Waals surface area (Å²) in [6.07, 6.45) is 3.45. The molecule has 3 nitrogen and oxygen atoms in total. The van der Waals surface area contributed by atoms with Crippen LogP contribution in [0.2, 0.25) is 0 Å². The normalized spacial score (nSPS) is 22.8. The molecule has 0 fully saturated rings. The van der Waals surface area contributed by atoms with E-state index in [-0.39, 0.29) is 11.8 Å². The predicted octanol–water partition coefficient (Wildman–Crippen LogP) is 3.58. The minimum absolute atomic E-state index is 0.0597. The van der Waals surface area contributed by atoms with Gasteiger partial charge in [-0.05, 0) is 11.1 Å². The number of aliphatic hydroxyl groups is 1. The summed E-state index contributed by atoms with van der Waals surface area (Å²) in [7, 11) is 0. The van der Waals surface area contributed by atoms with Crippen LogP contribution in [-0.4, -0.2) is 24.4 Å². The minimum atomic E-state index is -0.453. The predicted molar refractivity (Wildman–Crippen MR) is 94.3 cm³/mol. The molecule has 3 heteroatoms. The Labute approximate surface area is 143 Å². The second-order valence-electron chi connectivity index (χ2n) is 6.20. The van der Waals surface area contributed by atoms with Crippen molar-refractivity contribution in [2.24, 2.45) is 11.8 Å². The minimum Gasteiger partial charge on any atom is -0.389 e. The Balaban J connectivity index is 1.43. The van der Waals surface area contributed by atoms with E-state index < -0.39 is 6.10 Å². The van der Waals surface area contributed by atoms with Gasteiger partial charge in [0.1, 0.15) is 0 Å². The maximum absolute atomic E-state index is 10.2. The molecule has 126 valence electrons. The molecule has 0 spiro atoms. The Kier molecular flexibility index (Phi) is 6.19. The number of hydrogen-bond donors (Lipinski definition) is 1. The molecule has 1 aliphatic carbocycles. The molecule has 0 bridgehead atoms. The van der Waals surface area contributed by atoms with Crippen LogP contribution in [0.25, 0.3) is 0 Å². The van der Waals surface area contributed by atoms with Crippen molar-refractivity contribution < 1.29 is 14.6 Å². The summed E-state index contributed by atoms with van der Waals surface area (Å²) in [5, 5.41) is 10.2. The van der Waals surface area contributed by atoms with Gasteiger partial charge >= 0.3 is 0 Å². The molecule has 24 heavy (non-hydrogen) atoms. The molecule has 0 saturated carbocycles. The standard InChI is InChI=1S/C21H24O3/c22-21-12-11-19(15-23-13-17-7-3-1-4-8-17)20(21)16-24-14-18-9-5-2-6-10-18/h1-12,19-22H,13-16H2/t19-,20-,21+/m1/s1. The fraction of sp³-hybridized carbons (Fsp3) is 0.333. The highest BCUT2D eigenvalue weighted by Gasteiger charge is 2.30. The Bertz CT molecular complexity index is 624. The van der Waals surface area contributed by atoms with E-state index in [0.717, 1.165) is 11.1 Å². The van der Waals surface area contributed by atoms with Crippen molar-refractivity contribution in [2.75, 3.05) is 13.2 Å². The summed E-state index contributed by atoms with van der Waals surface area (Å²) < 4.78 is 11.6. The van der Waals surface area contributed by atoms with E-state index in [0.29, 0.717) is 26.4 Å². The molecule has 0 aliphatic heterocycles. The number of rotatable bonds is 8. The zero-order valence-corrected chi connectivity index (χ0v) is 13.8. The van der Waals surface area contributed by atoms with Gasteiger partial charge < -0.3 is 14.6 Å². The zero-order chi connectivity index (χ0) is 16.6. The van der Waals surface area contributed by atoms with E-state index in [1.54, 1.807) is 0 Å². The molecule has 0 saturated heterocycles. The van der Waals surface area contributed by atoms with Crippen LogP contribution in [0, 0.1) is 11.8 Å². The summed E-state index contributed by atoms with van der Waals surface area (Å²) in [6.45, 7) is 2.30. The Morgan fingerprint density at radius 1 is 0.708 bits per heavy atom. The fourth-order valence-electron chi connectivity index (χ4n) is 2.97. The summed E-state index contributed by atoms with van der Waals surface area (Å²) >= 11 is 0. The van der Waals surface area contributed by atoms with Crippen LogP contribution in [0.3, 0.4) is 0 Å². The molecule has 2 aromatic rings. The van der Waals surface area contributed by atoms with Gasteiger partial charge in [0.05, 0.1) is 32.5 Å². The highest BCUT2D eigenvalue weighted by atomic mass is 16.5. The third-order valence-electron chi connectivity index (χ3n) is 4.39. The van der Waals surface area contributed by atoms with Crippen LogP contribution in [0.5, 0.6) is 0 Å². The topological polar surface area (TPSA) is 38.7 Å². The summed E-state index contributed by atoms with van der Waals surface area (Å²) in [6, 6.07) is 20.2. The van der Waals surface area contributed by atoms with E-state index in [4.69, 9.17) is 9.47 Å². The van der Waals surface area contributed by atoms with Crippen LogP contribution >= 0.6 is 0 Å². The van der Waals surface area contributed by atoms with Gasteiger partial charge in [0.2, 0.25) is 0 Å².